The van der Waals surface area contributed by atoms with Gasteiger partial charge >= 0.3 is 11.9 Å². The highest BCUT2D eigenvalue weighted by Gasteiger charge is 2.55. The number of amides is 1. The van der Waals surface area contributed by atoms with Crippen molar-refractivity contribution in [3.8, 4) is 0 Å². The van der Waals surface area contributed by atoms with Crippen LogP contribution in [-0.4, -0.2) is 50.6 Å². The van der Waals surface area contributed by atoms with Gasteiger partial charge in [-0.3, -0.25) is 14.2 Å². The maximum atomic E-state index is 14.6. The molecule has 3 N–H and O–H groups in total. The highest BCUT2D eigenvalue weighted by Crippen LogP contribution is 2.26. The predicted molar refractivity (Wildman–Crippen MR) is 104 cm³/mol. The number of benzene rings is 2. The average molecular weight is 434 g/mol. The van der Waals surface area contributed by atoms with Crippen LogP contribution in [0.4, 0.5) is 4.39 Å². The van der Waals surface area contributed by atoms with E-state index in [9.17, 15) is 29.0 Å². The Kier molecular flexibility index (Phi) is 5.75. The molecule has 10 heteroatoms. The number of para-hydroxylation sites is 1. The number of nitrogens with one attached hydrogen (secondary N) is 1. The van der Waals surface area contributed by atoms with Crippen LogP contribution in [0.2, 0.25) is 0 Å². The van der Waals surface area contributed by atoms with E-state index < -0.39 is 41.8 Å². The molecule has 0 spiro atoms. The molecule has 0 radical (unpaired) electrons. The van der Waals surface area contributed by atoms with Crippen molar-refractivity contribution >= 4 is 35.3 Å². The fourth-order valence-corrected chi connectivity index (χ4v) is 3.69. The molecule has 0 aliphatic carbocycles. The SMILES string of the molecule is CC(=O)NC(C(=O)O)(C(=O)O)C1CN(Cl)C(c2ccccc2F)=c2ccccc2=N1. The lowest BCUT2D eigenvalue weighted by Crippen LogP contribution is -2.68. The van der Waals surface area contributed by atoms with Gasteiger partial charge in [-0.05, 0) is 18.2 Å². The summed E-state index contributed by atoms with van der Waals surface area (Å²) in [7, 11) is 0. The summed E-state index contributed by atoms with van der Waals surface area (Å²) in [6, 6.07) is 10.7. The zero-order valence-electron chi connectivity index (χ0n) is 15.7. The Morgan fingerprint density at radius 2 is 1.73 bits per heavy atom. The third kappa shape index (κ3) is 3.59. The van der Waals surface area contributed by atoms with E-state index in [1.165, 1.54) is 24.3 Å². The molecule has 2 aromatic carbocycles. The molecule has 0 fully saturated rings. The molecule has 0 saturated carbocycles. The highest BCUT2D eigenvalue weighted by atomic mass is 35.5. The van der Waals surface area contributed by atoms with E-state index in [0.717, 1.165) is 11.3 Å². The summed E-state index contributed by atoms with van der Waals surface area (Å²) in [4.78, 5) is 40.1. The number of aliphatic carboxylic acids is 2. The lowest BCUT2D eigenvalue weighted by molar-refractivity contribution is -0.162. The Bertz CT molecular complexity index is 1140. The summed E-state index contributed by atoms with van der Waals surface area (Å²) >= 11 is 6.44. The van der Waals surface area contributed by atoms with E-state index in [4.69, 9.17) is 11.8 Å². The third-order valence-corrected chi connectivity index (χ3v) is 5.01. The van der Waals surface area contributed by atoms with Gasteiger partial charge in [-0.2, -0.15) is 0 Å². The van der Waals surface area contributed by atoms with Gasteiger partial charge in [-0.15, -0.1) is 0 Å². The monoisotopic (exact) mass is 433 g/mol. The second kappa shape index (κ2) is 8.11. The van der Waals surface area contributed by atoms with Crippen LogP contribution in [0.1, 0.15) is 12.5 Å². The summed E-state index contributed by atoms with van der Waals surface area (Å²) in [6.07, 6.45) is 0. The second-order valence-corrected chi connectivity index (χ2v) is 7.04. The van der Waals surface area contributed by atoms with Gasteiger partial charge in [0, 0.05) is 29.5 Å². The van der Waals surface area contributed by atoms with Crippen LogP contribution in [0, 0.1) is 5.82 Å². The molecule has 1 atom stereocenters. The van der Waals surface area contributed by atoms with Gasteiger partial charge in [0.25, 0.3) is 5.54 Å². The Hall–Kier alpha value is -3.46. The molecule has 1 amide bonds. The van der Waals surface area contributed by atoms with Gasteiger partial charge < -0.3 is 15.5 Å². The van der Waals surface area contributed by atoms with Crippen molar-refractivity contribution in [2.45, 2.75) is 18.5 Å². The van der Waals surface area contributed by atoms with Crippen LogP contribution in [0.3, 0.4) is 0 Å². The normalized spacial score (nSPS) is 16.2. The molecular weight excluding hydrogens is 417 g/mol. The first kappa shape index (κ1) is 21.3. The average Bonchev–Trinajstić information content (AvgIpc) is 2.82. The van der Waals surface area contributed by atoms with E-state index in [2.05, 4.69) is 4.99 Å². The van der Waals surface area contributed by atoms with Gasteiger partial charge in [0.1, 0.15) is 11.9 Å². The van der Waals surface area contributed by atoms with Crippen LogP contribution in [0.25, 0.3) is 5.70 Å². The number of fused-ring (bicyclic) bond motifs is 1. The molecule has 8 nitrogen and oxygen atoms in total. The fraction of sp³-hybridized carbons (Fsp3) is 0.200. The van der Waals surface area contributed by atoms with Gasteiger partial charge in [-0.1, -0.05) is 30.3 Å². The van der Waals surface area contributed by atoms with Gasteiger partial charge in [0.15, 0.2) is 0 Å². The smallest absolute Gasteiger partial charge is 0.343 e. The Morgan fingerprint density at radius 3 is 2.33 bits per heavy atom. The van der Waals surface area contributed by atoms with E-state index in [-0.39, 0.29) is 16.6 Å². The number of carboxylic acids is 2. The van der Waals surface area contributed by atoms with Crippen LogP contribution in [-0.2, 0) is 14.4 Å². The summed E-state index contributed by atoms with van der Waals surface area (Å²) in [5.41, 5.74) is -2.45. The predicted octanol–water partition coefficient (Wildman–Crippen LogP) is 0.484. The number of nitrogens with zero attached hydrogens (tertiary/aromatic N) is 2. The summed E-state index contributed by atoms with van der Waals surface area (Å²) in [6.45, 7) is 0.569. The third-order valence-electron chi connectivity index (χ3n) is 4.71. The van der Waals surface area contributed by atoms with Crippen molar-refractivity contribution in [3.05, 3.63) is 70.5 Å². The first-order valence-corrected chi connectivity index (χ1v) is 9.13. The Labute approximate surface area is 175 Å². The summed E-state index contributed by atoms with van der Waals surface area (Å²) in [5, 5.41) is 22.1. The molecular formula is C20H17ClFN3O5. The first-order valence-electron chi connectivity index (χ1n) is 8.79. The van der Waals surface area contributed by atoms with Crippen molar-refractivity contribution in [3.63, 3.8) is 0 Å². The molecule has 1 unspecified atom stereocenters. The lowest BCUT2D eigenvalue weighted by atomic mass is 9.89. The maximum Gasteiger partial charge on any atom is 0.343 e. The number of hydrogen-bond donors (Lipinski definition) is 3. The maximum absolute atomic E-state index is 14.6. The zero-order valence-corrected chi connectivity index (χ0v) is 16.4. The topological polar surface area (TPSA) is 119 Å². The number of carboxylic acid groups (broad SMARTS) is 2. The van der Waals surface area contributed by atoms with E-state index in [0.29, 0.717) is 5.22 Å². The number of rotatable bonds is 5. The number of carbonyl (C=O) groups is 3. The number of halogens is 2. The molecule has 3 rings (SSSR count). The van der Waals surface area contributed by atoms with Gasteiger partial charge in [-0.25, -0.2) is 14.0 Å². The Balaban J connectivity index is 2.34. The standard InChI is InChI=1S/C20H17ClFN3O5/c1-11(26)24-20(18(27)28,19(29)30)16-10-25(21)17(12-6-2-4-8-14(12)22)13-7-3-5-9-15(13)23-16/h2-9,16H,10H2,1H3,(H,24,26)(H,27,28)(H,29,30). The second-order valence-electron chi connectivity index (χ2n) is 6.63. The fourth-order valence-electron chi connectivity index (χ4n) is 3.38. The van der Waals surface area contributed by atoms with Crippen molar-refractivity contribution < 1.29 is 29.0 Å². The minimum absolute atomic E-state index is 0.131. The minimum Gasteiger partial charge on any atom is -0.479 e. The molecule has 1 aliphatic heterocycles. The summed E-state index contributed by atoms with van der Waals surface area (Å²) < 4.78 is 15.6. The van der Waals surface area contributed by atoms with E-state index >= 15 is 0 Å². The van der Waals surface area contributed by atoms with Crippen molar-refractivity contribution in [2.24, 2.45) is 4.99 Å². The Morgan fingerprint density at radius 1 is 1.13 bits per heavy atom. The molecule has 30 heavy (non-hydrogen) atoms. The van der Waals surface area contributed by atoms with Crippen molar-refractivity contribution in [1.82, 2.24) is 9.74 Å². The van der Waals surface area contributed by atoms with E-state index in [1.54, 1.807) is 24.3 Å². The molecule has 1 heterocycles. The molecule has 156 valence electrons. The largest absolute Gasteiger partial charge is 0.479 e. The zero-order chi connectivity index (χ0) is 22.1. The van der Waals surface area contributed by atoms with Crippen molar-refractivity contribution in [1.29, 1.82) is 0 Å². The molecule has 0 bridgehead atoms. The molecule has 0 saturated heterocycles. The molecule has 1 aliphatic rings. The minimum atomic E-state index is -2.78. The number of hydrogen-bond acceptors (Lipinski definition) is 5. The van der Waals surface area contributed by atoms with Crippen molar-refractivity contribution in [2.75, 3.05) is 6.54 Å². The summed E-state index contributed by atoms with van der Waals surface area (Å²) in [5.74, 6) is -5.06. The quantitative estimate of drug-likeness (QED) is 0.466. The van der Waals surface area contributed by atoms with E-state index in [1.807, 2.05) is 5.32 Å². The lowest BCUT2D eigenvalue weighted by Gasteiger charge is -2.33. The van der Waals surface area contributed by atoms with Crippen LogP contribution < -0.4 is 15.9 Å². The molecule has 0 aromatic heterocycles. The van der Waals surface area contributed by atoms with Crippen LogP contribution in [0.15, 0.2) is 53.5 Å². The first-order chi connectivity index (χ1) is 14.2. The molecule has 2 aromatic rings. The van der Waals surface area contributed by atoms with Crippen LogP contribution >= 0.6 is 11.8 Å². The van der Waals surface area contributed by atoms with Gasteiger partial charge in [0.05, 0.1) is 17.6 Å². The number of carbonyl (C=O) groups excluding carboxylic acids is 1. The highest BCUT2D eigenvalue weighted by molar-refractivity contribution is 6.17. The van der Waals surface area contributed by atoms with Gasteiger partial charge in [0.2, 0.25) is 5.91 Å². The van der Waals surface area contributed by atoms with Crippen LogP contribution in [0.5, 0.6) is 0 Å².